The van der Waals surface area contributed by atoms with E-state index in [1.807, 2.05) is 6.07 Å². The zero-order valence-corrected chi connectivity index (χ0v) is 20.5. The highest BCUT2D eigenvalue weighted by Gasteiger charge is 2.55. The van der Waals surface area contributed by atoms with Gasteiger partial charge in [-0.3, -0.25) is 13.9 Å². The smallest absolute Gasteiger partial charge is 0.310 e. The summed E-state index contributed by atoms with van der Waals surface area (Å²) in [5.74, 6) is -0.0762. The normalized spacial score (nSPS) is 21.6. The summed E-state index contributed by atoms with van der Waals surface area (Å²) in [5, 5.41) is 2.71. The van der Waals surface area contributed by atoms with Gasteiger partial charge in [-0.2, -0.15) is 0 Å². The molecule has 4 aliphatic rings. The summed E-state index contributed by atoms with van der Waals surface area (Å²) in [6, 6.07) is 6.49. The minimum Gasteiger partial charge on any atom is -0.310 e. The maximum Gasteiger partial charge on any atom is 0.332 e. The molecular weight excluding hydrogens is 470 g/mol. The number of carbonyl (C=O) groups is 3. The molecule has 1 saturated carbocycles. The molecule has 2 aromatic rings. The topological polar surface area (TPSA) is 120 Å². The SMILES string of the molecule is CC1(C)C(=O)N(c2ccc3c(c2)N(S(C)(=O)=O)CC32CC2)C(=O)N1Cc1ccnc2c1CC(=O)N2. The molecule has 11 heteroatoms. The van der Waals surface area contributed by atoms with Gasteiger partial charge < -0.3 is 10.2 Å². The number of fused-ring (bicyclic) bond motifs is 3. The van der Waals surface area contributed by atoms with Crippen molar-refractivity contribution < 1.29 is 22.8 Å². The van der Waals surface area contributed by atoms with Crippen LogP contribution in [0, 0.1) is 0 Å². The van der Waals surface area contributed by atoms with Gasteiger partial charge in [0.05, 0.1) is 24.1 Å². The van der Waals surface area contributed by atoms with Gasteiger partial charge >= 0.3 is 6.03 Å². The number of benzene rings is 1. The van der Waals surface area contributed by atoms with Gasteiger partial charge in [-0.25, -0.2) is 23.1 Å². The third-order valence-corrected chi connectivity index (χ3v) is 8.81. The number of nitrogens with one attached hydrogen (secondary N) is 1. The van der Waals surface area contributed by atoms with Crippen molar-refractivity contribution in [2.75, 3.05) is 27.3 Å². The zero-order chi connectivity index (χ0) is 24.9. The molecule has 2 fully saturated rings. The first-order chi connectivity index (χ1) is 16.4. The summed E-state index contributed by atoms with van der Waals surface area (Å²) < 4.78 is 26.4. The molecule has 6 rings (SSSR count). The lowest BCUT2D eigenvalue weighted by atomic mass is 9.98. The molecular formula is C24H25N5O5S. The lowest BCUT2D eigenvalue weighted by Crippen LogP contribution is -2.43. The van der Waals surface area contributed by atoms with Gasteiger partial charge in [-0.1, -0.05) is 6.07 Å². The van der Waals surface area contributed by atoms with Crippen molar-refractivity contribution in [2.45, 2.75) is 50.6 Å². The maximum atomic E-state index is 13.6. The Labute approximate surface area is 203 Å². The Balaban J connectivity index is 1.37. The molecule has 4 heterocycles. The van der Waals surface area contributed by atoms with Gasteiger partial charge in [0.2, 0.25) is 15.9 Å². The van der Waals surface area contributed by atoms with Crippen LogP contribution in [-0.4, -0.2) is 54.5 Å². The predicted octanol–water partition coefficient (Wildman–Crippen LogP) is 2.13. The number of sulfonamides is 1. The molecule has 35 heavy (non-hydrogen) atoms. The number of imide groups is 1. The van der Waals surface area contributed by atoms with Crippen LogP contribution in [0.1, 0.15) is 43.4 Å². The number of carbonyl (C=O) groups excluding carboxylic acids is 3. The standard InChI is InChI=1S/C24H25N5O5S/c1-23(2)21(31)29(22(32)27(23)12-14-6-9-25-20-16(14)11-19(30)26-20)15-4-5-17-18(10-15)28(35(3,33)34)13-24(17)7-8-24/h4-6,9-10H,7-8,11-13H2,1-3H3,(H,25,26,30). The second kappa shape index (κ2) is 6.81. The van der Waals surface area contributed by atoms with Crippen LogP contribution in [0.15, 0.2) is 30.5 Å². The lowest BCUT2D eigenvalue weighted by Gasteiger charge is -2.28. The number of urea groups is 1. The second-order valence-electron chi connectivity index (χ2n) is 10.3. The van der Waals surface area contributed by atoms with Crippen molar-refractivity contribution in [2.24, 2.45) is 0 Å². The van der Waals surface area contributed by atoms with Crippen molar-refractivity contribution in [1.82, 2.24) is 9.88 Å². The van der Waals surface area contributed by atoms with E-state index in [1.165, 1.54) is 15.5 Å². The van der Waals surface area contributed by atoms with Gasteiger partial charge in [0, 0.05) is 30.3 Å². The molecule has 1 saturated heterocycles. The quantitative estimate of drug-likeness (QED) is 0.649. The first-order valence-corrected chi connectivity index (χ1v) is 13.3. The Morgan fingerprint density at radius 3 is 2.54 bits per heavy atom. The molecule has 1 aromatic heterocycles. The van der Waals surface area contributed by atoms with E-state index in [0.717, 1.165) is 34.4 Å². The summed E-state index contributed by atoms with van der Waals surface area (Å²) in [5.41, 5.74) is 2.01. The van der Waals surface area contributed by atoms with E-state index in [1.54, 1.807) is 38.2 Å². The molecule has 1 aromatic carbocycles. The molecule has 10 nitrogen and oxygen atoms in total. The number of pyridine rings is 1. The van der Waals surface area contributed by atoms with E-state index < -0.39 is 27.5 Å². The molecule has 182 valence electrons. The molecule has 0 bridgehead atoms. The van der Waals surface area contributed by atoms with Crippen LogP contribution in [0.5, 0.6) is 0 Å². The fraction of sp³-hybridized carbons (Fsp3) is 0.417. The minimum atomic E-state index is -3.50. The monoisotopic (exact) mass is 495 g/mol. The second-order valence-corrected chi connectivity index (χ2v) is 12.2. The van der Waals surface area contributed by atoms with Gasteiger partial charge in [-0.05, 0) is 56.0 Å². The third-order valence-electron chi connectivity index (χ3n) is 7.68. The van der Waals surface area contributed by atoms with Crippen molar-refractivity contribution in [1.29, 1.82) is 0 Å². The van der Waals surface area contributed by atoms with E-state index in [0.29, 0.717) is 23.7 Å². The molecule has 3 aliphatic heterocycles. The van der Waals surface area contributed by atoms with E-state index >= 15 is 0 Å². The summed E-state index contributed by atoms with van der Waals surface area (Å²) in [4.78, 5) is 45.8. The lowest BCUT2D eigenvalue weighted by molar-refractivity contribution is -0.123. The van der Waals surface area contributed by atoms with Crippen molar-refractivity contribution in [3.63, 3.8) is 0 Å². The van der Waals surface area contributed by atoms with Gasteiger partial charge in [0.25, 0.3) is 5.91 Å². The molecule has 4 amide bonds. The fourth-order valence-corrected chi connectivity index (χ4v) is 6.44. The van der Waals surface area contributed by atoms with E-state index in [-0.39, 0.29) is 24.3 Å². The summed E-state index contributed by atoms with van der Waals surface area (Å²) >= 11 is 0. The van der Waals surface area contributed by atoms with Crippen LogP contribution in [0.3, 0.4) is 0 Å². The van der Waals surface area contributed by atoms with Crippen LogP contribution in [0.4, 0.5) is 22.0 Å². The van der Waals surface area contributed by atoms with Crippen LogP contribution in [-0.2, 0) is 38.0 Å². The van der Waals surface area contributed by atoms with Gasteiger partial charge in [0.15, 0.2) is 0 Å². The highest BCUT2D eigenvalue weighted by atomic mass is 32.2. The Morgan fingerprint density at radius 2 is 1.86 bits per heavy atom. The number of aromatic nitrogens is 1. The number of hydrogen-bond donors (Lipinski definition) is 1. The van der Waals surface area contributed by atoms with Crippen molar-refractivity contribution in [3.05, 3.63) is 47.2 Å². The third kappa shape index (κ3) is 3.10. The Morgan fingerprint density at radius 1 is 1.11 bits per heavy atom. The average Bonchev–Trinajstić information content (AvgIpc) is 3.29. The Kier molecular flexibility index (Phi) is 4.28. The molecule has 0 unspecified atom stereocenters. The van der Waals surface area contributed by atoms with Crippen LogP contribution < -0.4 is 14.5 Å². The van der Waals surface area contributed by atoms with Gasteiger partial charge in [0.1, 0.15) is 11.4 Å². The largest absolute Gasteiger partial charge is 0.332 e. The van der Waals surface area contributed by atoms with Crippen molar-refractivity contribution in [3.8, 4) is 0 Å². The highest BCUT2D eigenvalue weighted by molar-refractivity contribution is 7.92. The van der Waals surface area contributed by atoms with E-state index in [2.05, 4.69) is 10.3 Å². The molecule has 0 radical (unpaired) electrons. The number of nitrogens with zero attached hydrogens (tertiary/aromatic N) is 4. The Hall–Kier alpha value is -3.47. The molecule has 0 atom stereocenters. The molecule has 1 aliphatic carbocycles. The maximum absolute atomic E-state index is 13.6. The first kappa shape index (κ1) is 22.0. The van der Waals surface area contributed by atoms with E-state index in [4.69, 9.17) is 0 Å². The van der Waals surface area contributed by atoms with Crippen molar-refractivity contribution >= 4 is 45.1 Å². The predicted molar refractivity (Wildman–Crippen MR) is 129 cm³/mol. The number of hydrogen-bond acceptors (Lipinski definition) is 6. The average molecular weight is 496 g/mol. The summed E-state index contributed by atoms with van der Waals surface area (Å²) in [6.07, 6.45) is 4.75. The van der Waals surface area contributed by atoms with Crippen LogP contribution in [0.25, 0.3) is 0 Å². The minimum absolute atomic E-state index is 0.136. The Bertz CT molecular complexity index is 1450. The highest BCUT2D eigenvalue weighted by Crippen LogP contribution is 2.57. The van der Waals surface area contributed by atoms with Crippen LogP contribution >= 0.6 is 0 Å². The fourth-order valence-electron chi connectivity index (χ4n) is 5.45. The summed E-state index contributed by atoms with van der Waals surface area (Å²) in [7, 11) is -3.50. The van der Waals surface area contributed by atoms with E-state index in [9.17, 15) is 22.8 Å². The number of amides is 4. The number of rotatable bonds is 4. The molecule has 1 spiro atoms. The molecule has 1 N–H and O–H groups in total. The summed E-state index contributed by atoms with van der Waals surface area (Å²) in [6.45, 7) is 3.91. The van der Waals surface area contributed by atoms with Crippen LogP contribution in [0.2, 0.25) is 0 Å². The zero-order valence-electron chi connectivity index (χ0n) is 19.7. The number of anilines is 3. The first-order valence-electron chi connectivity index (χ1n) is 11.5. The van der Waals surface area contributed by atoms with Gasteiger partial charge in [-0.15, -0.1) is 0 Å².